The smallest absolute Gasteiger partial charge is 0.126 e. The first-order chi connectivity index (χ1) is 6.79. The van der Waals surface area contributed by atoms with Crippen LogP contribution in [-0.4, -0.2) is 11.2 Å². The average molecular weight is 194 g/mol. The zero-order chi connectivity index (χ0) is 9.97. The number of hydrogen-bond acceptors (Lipinski definition) is 1. The summed E-state index contributed by atoms with van der Waals surface area (Å²) in [6.45, 7) is 0. The maximum absolute atomic E-state index is 13.4. The van der Waals surface area contributed by atoms with Gasteiger partial charge in [0.15, 0.2) is 0 Å². The molecule has 14 heavy (non-hydrogen) atoms. The minimum Gasteiger partial charge on any atom is -0.392 e. The van der Waals surface area contributed by atoms with Gasteiger partial charge < -0.3 is 5.11 Å². The van der Waals surface area contributed by atoms with Crippen LogP contribution in [0.1, 0.15) is 37.2 Å². The third kappa shape index (κ3) is 1.80. The van der Waals surface area contributed by atoms with Crippen LogP contribution in [0.25, 0.3) is 0 Å². The lowest BCUT2D eigenvalue weighted by atomic mass is 9.81. The van der Waals surface area contributed by atoms with Crippen molar-refractivity contribution in [2.75, 3.05) is 0 Å². The van der Waals surface area contributed by atoms with Gasteiger partial charge in [-0.25, -0.2) is 4.39 Å². The van der Waals surface area contributed by atoms with E-state index in [1.54, 1.807) is 12.1 Å². The molecule has 0 aromatic heterocycles. The molecule has 0 bridgehead atoms. The molecule has 76 valence electrons. The van der Waals surface area contributed by atoms with E-state index in [0.29, 0.717) is 5.56 Å². The number of halogens is 1. The number of aliphatic hydroxyl groups is 1. The highest BCUT2D eigenvalue weighted by Crippen LogP contribution is 2.33. The highest BCUT2D eigenvalue weighted by Gasteiger charge is 2.26. The average Bonchev–Trinajstić information content (AvgIpc) is 2.20. The first kappa shape index (κ1) is 9.66. The molecule has 0 amide bonds. The lowest BCUT2D eigenvalue weighted by Gasteiger charge is -2.28. The Morgan fingerprint density at radius 2 is 1.86 bits per heavy atom. The van der Waals surface area contributed by atoms with Gasteiger partial charge in [0.25, 0.3) is 0 Å². The Bertz CT molecular complexity index is 311. The van der Waals surface area contributed by atoms with Crippen LogP contribution in [0.2, 0.25) is 0 Å². The summed E-state index contributed by atoms with van der Waals surface area (Å²) >= 11 is 0. The number of benzene rings is 1. The Kier molecular flexibility index (Phi) is 2.82. The van der Waals surface area contributed by atoms with E-state index in [4.69, 9.17) is 0 Å². The van der Waals surface area contributed by atoms with Crippen LogP contribution in [0.4, 0.5) is 4.39 Å². The van der Waals surface area contributed by atoms with Crippen molar-refractivity contribution in [1.82, 2.24) is 0 Å². The Balaban J connectivity index is 2.25. The van der Waals surface area contributed by atoms with Crippen molar-refractivity contribution in [2.24, 2.45) is 0 Å². The first-order valence-corrected chi connectivity index (χ1v) is 5.21. The monoisotopic (exact) mass is 194 g/mol. The minimum absolute atomic E-state index is 0.00458. The lowest BCUT2D eigenvalue weighted by Crippen LogP contribution is -2.23. The van der Waals surface area contributed by atoms with E-state index in [-0.39, 0.29) is 17.8 Å². The van der Waals surface area contributed by atoms with Gasteiger partial charge in [0.1, 0.15) is 5.82 Å². The standard InChI is InChI=1S/C12H15FO/c13-11-7-3-1-5-9(11)10-6-2-4-8-12(10)14/h1,3,5,7,10,12,14H,2,4,6,8H2/t10-,12+/m1/s1. The van der Waals surface area contributed by atoms with Crippen molar-refractivity contribution in [2.45, 2.75) is 37.7 Å². The Morgan fingerprint density at radius 3 is 2.57 bits per heavy atom. The van der Waals surface area contributed by atoms with E-state index >= 15 is 0 Å². The van der Waals surface area contributed by atoms with Crippen LogP contribution in [0.15, 0.2) is 24.3 Å². The largest absolute Gasteiger partial charge is 0.392 e. The molecule has 0 saturated heterocycles. The van der Waals surface area contributed by atoms with Crippen LogP contribution < -0.4 is 0 Å². The molecular weight excluding hydrogens is 179 g/mol. The highest BCUT2D eigenvalue weighted by atomic mass is 19.1. The number of rotatable bonds is 1. The summed E-state index contributed by atoms with van der Waals surface area (Å²) in [6, 6.07) is 6.78. The van der Waals surface area contributed by atoms with Crippen molar-refractivity contribution in [3.63, 3.8) is 0 Å². The molecule has 1 N–H and O–H groups in total. The molecule has 2 atom stereocenters. The van der Waals surface area contributed by atoms with Crippen LogP contribution >= 0.6 is 0 Å². The third-order valence-corrected chi connectivity index (χ3v) is 3.03. The normalized spacial score (nSPS) is 27.6. The zero-order valence-corrected chi connectivity index (χ0v) is 8.12. The van der Waals surface area contributed by atoms with Crippen molar-refractivity contribution >= 4 is 0 Å². The summed E-state index contributed by atoms with van der Waals surface area (Å²) in [5.74, 6) is -0.177. The SMILES string of the molecule is O[C@H]1CCCC[C@@H]1c1ccccc1F. The maximum Gasteiger partial charge on any atom is 0.126 e. The van der Waals surface area contributed by atoms with Gasteiger partial charge in [-0.05, 0) is 24.5 Å². The molecular formula is C12H15FO. The molecule has 1 fully saturated rings. The van der Waals surface area contributed by atoms with E-state index < -0.39 is 0 Å². The lowest BCUT2D eigenvalue weighted by molar-refractivity contribution is 0.104. The fraction of sp³-hybridized carbons (Fsp3) is 0.500. The molecule has 1 aromatic rings. The second-order valence-electron chi connectivity index (χ2n) is 3.98. The molecule has 1 saturated carbocycles. The molecule has 0 aliphatic heterocycles. The van der Waals surface area contributed by atoms with Gasteiger partial charge in [-0.15, -0.1) is 0 Å². The molecule has 2 rings (SSSR count). The quantitative estimate of drug-likeness (QED) is 0.728. The second kappa shape index (κ2) is 4.09. The van der Waals surface area contributed by atoms with Gasteiger partial charge in [-0.3, -0.25) is 0 Å². The summed E-state index contributed by atoms with van der Waals surface area (Å²) in [6.07, 6.45) is 3.50. The van der Waals surface area contributed by atoms with Gasteiger partial charge in [-0.2, -0.15) is 0 Å². The third-order valence-electron chi connectivity index (χ3n) is 3.03. The van der Waals surface area contributed by atoms with Crippen molar-refractivity contribution in [3.05, 3.63) is 35.6 Å². The molecule has 0 spiro atoms. The van der Waals surface area contributed by atoms with Gasteiger partial charge in [0.2, 0.25) is 0 Å². The first-order valence-electron chi connectivity index (χ1n) is 5.21. The summed E-state index contributed by atoms with van der Waals surface area (Å²) in [5.41, 5.74) is 0.680. The summed E-state index contributed by atoms with van der Waals surface area (Å²) in [5, 5.41) is 9.78. The topological polar surface area (TPSA) is 20.2 Å². The Hall–Kier alpha value is -0.890. The molecule has 0 unspecified atom stereocenters. The fourth-order valence-electron chi connectivity index (χ4n) is 2.25. The van der Waals surface area contributed by atoms with E-state index in [2.05, 4.69) is 0 Å². The van der Waals surface area contributed by atoms with Gasteiger partial charge >= 0.3 is 0 Å². The summed E-state index contributed by atoms with van der Waals surface area (Å²) in [4.78, 5) is 0. The van der Waals surface area contributed by atoms with Crippen LogP contribution in [0.3, 0.4) is 0 Å². The van der Waals surface area contributed by atoms with E-state index in [9.17, 15) is 9.50 Å². The fourth-order valence-corrected chi connectivity index (χ4v) is 2.25. The van der Waals surface area contributed by atoms with E-state index in [1.807, 2.05) is 6.07 Å². The molecule has 1 aromatic carbocycles. The van der Waals surface area contributed by atoms with Crippen LogP contribution in [-0.2, 0) is 0 Å². The molecule has 1 aliphatic rings. The second-order valence-corrected chi connectivity index (χ2v) is 3.98. The predicted octanol–water partition coefficient (Wildman–Crippen LogP) is 2.84. The number of aliphatic hydroxyl groups excluding tert-OH is 1. The highest BCUT2D eigenvalue weighted by molar-refractivity contribution is 5.23. The van der Waals surface area contributed by atoms with Crippen molar-refractivity contribution in [3.8, 4) is 0 Å². The predicted molar refractivity (Wildman–Crippen MR) is 53.6 cm³/mol. The molecule has 0 radical (unpaired) electrons. The van der Waals surface area contributed by atoms with Crippen LogP contribution in [0.5, 0.6) is 0 Å². The van der Waals surface area contributed by atoms with Gasteiger partial charge in [-0.1, -0.05) is 31.0 Å². The van der Waals surface area contributed by atoms with Gasteiger partial charge in [0, 0.05) is 5.92 Å². The van der Waals surface area contributed by atoms with Crippen LogP contribution in [0, 0.1) is 5.82 Å². The van der Waals surface area contributed by atoms with Crippen molar-refractivity contribution < 1.29 is 9.50 Å². The van der Waals surface area contributed by atoms with E-state index in [1.165, 1.54) is 6.07 Å². The molecule has 2 heteroatoms. The maximum atomic E-state index is 13.4. The zero-order valence-electron chi connectivity index (χ0n) is 8.12. The van der Waals surface area contributed by atoms with Gasteiger partial charge in [0.05, 0.1) is 6.10 Å². The number of hydrogen-bond donors (Lipinski definition) is 1. The molecule has 1 aliphatic carbocycles. The van der Waals surface area contributed by atoms with Crippen molar-refractivity contribution in [1.29, 1.82) is 0 Å². The summed E-state index contributed by atoms with van der Waals surface area (Å²) < 4.78 is 13.4. The Morgan fingerprint density at radius 1 is 1.14 bits per heavy atom. The molecule has 1 nitrogen and oxygen atoms in total. The molecule has 0 heterocycles. The minimum atomic E-state index is -0.361. The van der Waals surface area contributed by atoms with E-state index in [0.717, 1.165) is 25.7 Å². The Labute approximate surface area is 83.6 Å². The summed E-state index contributed by atoms with van der Waals surface area (Å²) in [7, 11) is 0.